The lowest BCUT2D eigenvalue weighted by Crippen LogP contribution is -2.34. The molecule has 1 aliphatic rings. The van der Waals surface area contributed by atoms with Gasteiger partial charge in [0.15, 0.2) is 5.43 Å². The Bertz CT molecular complexity index is 804. The first-order valence-electron chi connectivity index (χ1n) is 7.57. The molecule has 2 aromatic rings. The Labute approximate surface area is 167 Å². The van der Waals surface area contributed by atoms with Gasteiger partial charge in [-0.2, -0.15) is 0 Å². The van der Waals surface area contributed by atoms with Crippen molar-refractivity contribution in [2.24, 2.45) is 0 Å². The third kappa shape index (κ3) is 5.25. The van der Waals surface area contributed by atoms with Gasteiger partial charge in [-0.25, -0.2) is 0 Å². The van der Waals surface area contributed by atoms with Crippen molar-refractivity contribution in [2.45, 2.75) is 12.8 Å². The Balaban J connectivity index is 0.00000156. The molecule has 2 heterocycles. The number of likely N-dealkylation sites (tertiary alicyclic amines) is 1. The third-order valence-electron chi connectivity index (χ3n) is 4.00. The molecule has 0 atom stereocenters. The standard InChI is InChI=1S/C16H17Cl2N3O2.2ClH/c17-10-7-11(18)15-12(8-10)20-13(9-14(15)22)16(23)19-3-6-21-4-1-2-5-21;;/h7-9H,1-6H2,(H,19,23)(H,20,22);2*1H. The number of hydrogen-bond donors (Lipinski definition) is 2. The number of aromatic nitrogens is 1. The number of nitrogens with zero attached hydrogens (tertiary/aromatic N) is 1. The lowest BCUT2D eigenvalue weighted by atomic mass is 10.2. The van der Waals surface area contributed by atoms with Crippen LogP contribution in [-0.2, 0) is 0 Å². The summed E-state index contributed by atoms with van der Waals surface area (Å²) in [6.07, 6.45) is 2.43. The molecular formula is C16H19Cl4N3O2. The summed E-state index contributed by atoms with van der Waals surface area (Å²) in [5, 5.41) is 3.85. The Hall–Kier alpha value is -0.980. The second kappa shape index (κ2) is 9.64. The fourth-order valence-electron chi connectivity index (χ4n) is 2.86. The van der Waals surface area contributed by atoms with Crippen LogP contribution in [0.25, 0.3) is 10.9 Å². The summed E-state index contributed by atoms with van der Waals surface area (Å²) in [7, 11) is 0. The average Bonchev–Trinajstić information content (AvgIpc) is 2.99. The first-order chi connectivity index (χ1) is 11.0. The minimum absolute atomic E-state index is 0. The van der Waals surface area contributed by atoms with Gasteiger partial charge in [-0.1, -0.05) is 23.2 Å². The van der Waals surface area contributed by atoms with Crippen molar-refractivity contribution in [2.75, 3.05) is 26.2 Å². The van der Waals surface area contributed by atoms with Gasteiger partial charge < -0.3 is 15.2 Å². The van der Waals surface area contributed by atoms with Crippen LogP contribution in [0.2, 0.25) is 10.0 Å². The molecule has 1 aromatic heterocycles. The van der Waals surface area contributed by atoms with Gasteiger partial charge in [-0.15, -0.1) is 24.8 Å². The number of halogens is 4. The molecule has 1 fully saturated rings. The molecule has 0 saturated carbocycles. The zero-order valence-corrected chi connectivity index (χ0v) is 16.5. The second-order valence-electron chi connectivity index (χ2n) is 5.66. The van der Waals surface area contributed by atoms with Crippen LogP contribution >= 0.6 is 48.0 Å². The van der Waals surface area contributed by atoms with E-state index >= 15 is 0 Å². The lowest BCUT2D eigenvalue weighted by molar-refractivity contribution is 0.0945. The van der Waals surface area contributed by atoms with Gasteiger partial charge in [-0.05, 0) is 38.1 Å². The highest BCUT2D eigenvalue weighted by Gasteiger charge is 2.14. The summed E-state index contributed by atoms with van der Waals surface area (Å²) in [5.74, 6) is -0.306. The minimum Gasteiger partial charge on any atom is -0.350 e. The highest BCUT2D eigenvalue weighted by atomic mass is 35.5. The number of aromatic amines is 1. The van der Waals surface area contributed by atoms with E-state index in [1.54, 1.807) is 6.07 Å². The highest BCUT2D eigenvalue weighted by Crippen LogP contribution is 2.24. The number of nitrogens with one attached hydrogen (secondary N) is 2. The van der Waals surface area contributed by atoms with E-state index in [1.165, 1.54) is 25.0 Å². The Morgan fingerprint density at radius 2 is 1.84 bits per heavy atom. The van der Waals surface area contributed by atoms with Crippen molar-refractivity contribution in [1.29, 1.82) is 0 Å². The van der Waals surface area contributed by atoms with E-state index in [4.69, 9.17) is 23.2 Å². The van der Waals surface area contributed by atoms with Gasteiger partial charge in [0.2, 0.25) is 0 Å². The normalized spacial score (nSPS) is 14.0. The Morgan fingerprint density at radius 1 is 1.16 bits per heavy atom. The van der Waals surface area contributed by atoms with E-state index in [-0.39, 0.29) is 46.9 Å². The van der Waals surface area contributed by atoms with Crippen LogP contribution < -0.4 is 10.7 Å². The number of H-pyrrole nitrogens is 1. The van der Waals surface area contributed by atoms with Crippen LogP contribution in [0.15, 0.2) is 23.0 Å². The van der Waals surface area contributed by atoms with E-state index in [0.717, 1.165) is 19.6 Å². The van der Waals surface area contributed by atoms with Crippen molar-refractivity contribution >= 4 is 64.8 Å². The Kier molecular flexibility index (Phi) is 8.51. The first-order valence-corrected chi connectivity index (χ1v) is 8.33. The van der Waals surface area contributed by atoms with Gasteiger partial charge in [0, 0.05) is 24.2 Å². The predicted octanol–water partition coefficient (Wildman–Crippen LogP) is 3.50. The molecule has 0 spiro atoms. The molecule has 1 saturated heterocycles. The maximum Gasteiger partial charge on any atom is 0.267 e. The molecule has 0 unspecified atom stereocenters. The van der Waals surface area contributed by atoms with E-state index < -0.39 is 0 Å². The summed E-state index contributed by atoms with van der Waals surface area (Å²) in [4.78, 5) is 29.6. The van der Waals surface area contributed by atoms with Crippen molar-refractivity contribution in [3.63, 3.8) is 0 Å². The SMILES string of the molecule is Cl.Cl.O=C(NCCN1CCCC1)c1cc(=O)c2c(Cl)cc(Cl)cc2[nH]1. The molecule has 0 bridgehead atoms. The molecule has 138 valence electrons. The van der Waals surface area contributed by atoms with Gasteiger partial charge in [-0.3, -0.25) is 9.59 Å². The minimum atomic E-state index is -0.306. The zero-order valence-electron chi connectivity index (χ0n) is 13.3. The first kappa shape index (κ1) is 22.1. The number of hydrogen-bond acceptors (Lipinski definition) is 3. The summed E-state index contributed by atoms with van der Waals surface area (Å²) >= 11 is 12.0. The van der Waals surface area contributed by atoms with E-state index in [9.17, 15) is 9.59 Å². The topological polar surface area (TPSA) is 65.2 Å². The van der Waals surface area contributed by atoms with Crippen molar-refractivity contribution in [1.82, 2.24) is 15.2 Å². The summed E-state index contributed by atoms with van der Waals surface area (Å²) < 4.78 is 0. The fraction of sp³-hybridized carbons (Fsp3) is 0.375. The number of fused-ring (bicyclic) bond motifs is 1. The van der Waals surface area contributed by atoms with Gasteiger partial charge in [0.05, 0.1) is 15.9 Å². The van der Waals surface area contributed by atoms with Crippen LogP contribution in [0.3, 0.4) is 0 Å². The van der Waals surface area contributed by atoms with Gasteiger partial charge in [0.25, 0.3) is 5.91 Å². The number of pyridine rings is 1. The summed E-state index contributed by atoms with van der Waals surface area (Å²) in [5.41, 5.74) is 0.368. The molecule has 1 aliphatic heterocycles. The van der Waals surface area contributed by atoms with Crippen LogP contribution in [-0.4, -0.2) is 42.0 Å². The molecule has 5 nitrogen and oxygen atoms in total. The quantitative estimate of drug-likeness (QED) is 0.786. The summed E-state index contributed by atoms with van der Waals surface area (Å²) in [6, 6.07) is 4.37. The molecule has 1 amide bonds. The van der Waals surface area contributed by atoms with Crippen molar-refractivity contribution in [3.8, 4) is 0 Å². The Morgan fingerprint density at radius 3 is 2.52 bits per heavy atom. The maximum absolute atomic E-state index is 12.2. The third-order valence-corrected chi connectivity index (χ3v) is 4.52. The maximum atomic E-state index is 12.2. The van der Waals surface area contributed by atoms with Crippen LogP contribution in [0.1, 0.15) is 23.3 Å². The zero-order chi connectivity index (χ0) is 16.4. The molecule has 9 heteroatoms. The second-order valence-corrected chi connectivity index (χ2v) is 6.51. The molecule has 25 heavy (non-hydrogen) atoms. The fourth-order valence-corrected chi connectivity index (χ4v) is 3.44. The van der Waals surface area contributed by atoms with E-state index in [0.29, 0.717) is 22.5 Å². The van der Waals surface area contributed by atoms with Gasteiger partial charge in [0.1, 0.15) is 5.69 Å². The molecule has 0 radical (unpaired) electrons. The number of benzene rings is 1. The lowest BCUT2D eigenvalue weighted by Gasteiger charge is -2.14. The van der Waals surface area contributed by atoms with Crippen molar-refractivity contribution < 1.29 is 4.79 Å². The molecule has 3 rings (SSSR count). The van der Waals surface area contributed by atoms with Crippen molar-refractivity contribution in [3.05, 3.63) is 44.2 Å². The van der Waals surface area contributed by atoms with Crippen LogP contribution in [0, 0.1) is 0 Å². The number of carbonyl (C=O) groups excluding carboxylic acids is 1. The molecular weight excluding hydrogens is 408 g/mol. The highest BCUT2D eigenvalue weighted by molar-refractivity contribution is 6.38. The molecule has 0 aliphatic carbocycles. The van der Waals surface area contributed by atoms with E-state index in [2.05, 4.69) is 15.2 Å². The predicted molar refractivity (Wildman–Crippen MR) is 107 cm³/mol. The average molecular weight is 427 g/mol. The van der Waals surface area contributed by atoms with Crippen LogP contribution in [0.4, 0.5) is 0 Å². The van der Waals surface area contributed by atoms with Crippen LogP contribution in [0.5, 0.6) is 0 Å². The summed E-state index contributed by atoms with van der Waals surface area (Å²) in [6.45, 7) is 3.54. The monoisotopic (exact) mass is 425 g/mol. The smallest absolute Gasteiger partial charge is 0.267 e. The number of rotatable bonds is 4. The van der Waals surface area contributed by atoms with E-state index in [1.807, 2.05) is 0 Å². The van der Waals surface area contributed by atoms with Gasteiger partial charge >= 0.3 is 0 Å². The molecule has 2 N–H and O–H groups in total. The largest absolute Gasteiger partial charge is 0.350 e. The number of amides is 1. The number of carbonyl (C=O) groups is 1. The molecule has 1 aromatic carbocycles.